The van der Waals surface area contributed by atoms with Crippen LogP contribution in [0.15, 0.2) is 35.3 Å². The van der Waals surface area contributed by atoms with Crippen LogP contribution in [0.1, 0.15) is 31.2 Å². The number of hydrogen-bond acceptors (Lipinski definition) is 5. The third-order valence-corrected chi connectivity index (χ3v) is 4.90. The molecule has 1 saturated carbocycles. The van der Waals surface area contributed by atoms with Gasteiger partial charge in [0.1, 0.15) is 6.54 Å². The van der Waals surface area contributed by atoms with Gasteiger partial charge in [-0.15, -0.1) is 0 Å². The van der Waals surface area contributed by atoms with Crippen LogP contribution in [0.3, 0.4) is 0 Å². The first-order valence-electron chi connectivity index (χ1n) is 9.29. The number of rotatable bonds is 8. The summed E-state index contributed by atoms with van der Waals surface area (Å²) >= 11 is 0. The van der Waals surface area contributed by atoms with E-state index in [1.807, 2.05) is 30.3 Å². The molecule has 146 valence electrons. The number of methoxy groups -OCH3 is 1. The lowest BCUT2D eigenvalue weighted by molar-refractivity contribution is -0.141. The number of isocyanates is 1. The van der Waals surface area contributed by atoms with Crippen molar-refractivity contribution in [3.05, 3.63) is 35.9 Å². The molecule has 1 aromatic carbocycles. The maximum Gasteiger partial charge on any atom is 0.325 e. The van der Waals surface area contributed by atoms with E-state index in [4.69, 9.17) is 4.74 Å². The summed E-state index contributed by atoms with van der Waals surface area (Å²) < 4.78 is 4.71. The second kappa shape index (κ2) is 11.1. The summed E-state index contributed by atoms with van der Waals surface area (Å²) in [4.78, 5) is 39.7. The molecule has 0 spiro atoms. The number of amides is 2. The van der Waals surface area contributed by atoms with Gasteiger partial charge in [0.05, 0.1) is 13.7 Å². The normalized spacial score (nSPS) is 18.9. The standard InChI is InChI=1S/C20H27N3O4/c1-27-19(25)14-23(13-16-6-3-2-4-7-16)20(26)22-12-18-9-5-8-17(10-18)11-21-15-24/h2-4,6-7,17-18H,5,8-14H2,1H3,(H,22,26). The molecule has 7 heteroatoms. The zero-order valence-corrected chi connectivity index (χ0v) is 15.7. The van der Waals surface area contributed by atoms with Crippen LogP contribution in [0.25, 0.3) is 0 Å². The number of aliphatic imine (C=N–C) groups is 1. The van der Waals surface area contributed by atoms with Crippen molar-refractivity contribution in [3.8, 4) is 0 Å². The van der Waals surface area contributed by atoms with E-state index in [0.29, 0.717) is 31.5 Å². The Balaban J connectivity index is 1.90. The van der Waals surface area contributed by atoms with Gasteiger partial charge in [0.2, 0.25) is 6.08 Å². The molecule has 27 heavy (non-hydrogen) atoms. The molecule has 1 fully saturated rings. The Morgan fingerprint density at radius 2 is 2.00 bits per heavy atom. The van der Waals surface area contributed by atoms with Crippen molar-refractivity contribution >= 4 is 18.1 Å². The van der Waals surface area contributed by atoms with E-state index in [2.05, 4.69) is 10.3 Å². The van der Waals surface area contributed by atoms with Crippen molar-refractivity contribution in [2.45, 2.75) is 32.2 Å². The Morgan fingerprint density at radius 3 is 2.70 bits per heavy atom. The smallest absolute Gasteiger partial charge is 0.325 e. The van der Waals surface area contributed by atoms with Crippen molar-refractivity contribution < 1.29 is 19.1 Å². The van der Waals surface area contributed by atoms with Gasteiger partial charge in [-0.2, -0.15) is 0 Å². The number of nitrogens with one attached hydrogen (secondary N) is 1. The van der Waals surface area contributed by atoms with E-state index in [1.165, 1.54) is 12.0 Å². The summed E-state index contributed by atoms with van der Waals surface area (Å²) in [5, 5.41) is 2.95. The third kappa shape index (κ3) is 7.23. The lowest BCUT2D eigenvalue weighted by atomic mass is 9.81. The Morgan fingerprint density at radius 1 is 1.26 bits per heavy atom. The van der Waals surface area contributed by atoms with Crippen molar-refractivity contribution in [1.29, 1.82) is 0 Å². The van der Waals surface area contributed by atoms with Gasteiger partial charge in [0.15, 0.2) is 0 Å². The van der Waals surface area contributed by atoms with E-state index < -0.39 is 5.97 Å². The zero-order valence-electron chi connectivity index (χ0n) is 15.7. The molecule has 0 aliphatic heterocycles. The van der Waals surface area contributed by atoms with Gasteiger partial charge >= 0.3 is 12.0 Å². The highest BCUT2D eigenvalue weighted by atomic mass is 16.5. The molecular weight excluding hydrogens is 346 g/mol. The maximum atomic E-state index is 12.6. The Labute approximate surface area is 159 Å². The van der Waals surface area contributed by atoms with Crippen LogP contribution in [0.4, 0.5) is 4.79 Å². The summed E-state index contributed by atoms with van der Waals surface area (Å²) in [6, 6.07) is 9.24. The molecule has 1 aliphatic rings. The minimum atomic E-state index is -0.453. The second-order valence-electron chi connectivity index (χ2n) is 6.93. The molecule has 0 radical (unpaired) electrons. The lowest BCUT2D eigenvalue weighted by Crippen LogP contribution is -2.44. The summed E-state index contributed by atoms with van der Waals surface area (Å²) in [6.45, 7) is 1.30. The molecule has 2 rings (SSSR count). The number of ether oxygens (including phenoxy) is 1. The summed E-state index contributed by atoms with van der Waals surface area (Å²) in [7, 11) is 1.31. The van der Waals surface area contributed by atoms with Crippen LogP contribution in [-0.4, -0.2) is 49.7 Å². The largest absolute Gasteiger partial charge is 0.468 e. The first-order valence-corrected chi connectivity index (χ1v) is 9.29. The summed E-state index contributed by atoms with van der Waals surface area (Å²) in [5.41, 5.74) is 0.945. The van der Waals surface area contributed by atoms with Crippen LogP contribution in [0.2, 0.25) is 0 Å². The van der Waals surface area contributed by atoms with E-state index in [-0.39, 0.29) is 12.6 Å². The first kappa shape index (κ1) is 20.6. The lowest BCUT2D eigenvalue weighted by Gasteiger charge is -2.29. The van der Waals surface area contributed by atoms with Crippen molar-refractivity contribution in [2.75, 3.05) is 26.7 Å². The van der Waals surface area contributed by atoms with Crippen molar-refractivity contribution in [1.82, 2.24) is 10.2 Å². The average Bonchev–Trinajstić information content (AvgIpc) is 2.71. The molecule has 1 aromatic rings. The Hall–Kier alpha value is -2.66. The van der Waals surface area contributed by atoms with Crippen LogP contribution >= 0.6 is 0 Å². The van der Waals surface area contributed by atoms with E-state index in [1.54, 1.807) is 6.08 Å². The second-order valence-corrected chi connectivity index (χ2v) is 6.93. The number of urea groups is 1. The molecule has 1 N–H and O–H groups in total. The first-order chi connectivity index (χ1) is 13.1. The number of carbonyl (C=O) groups excluding carboxylic acids is 3. The number of nitrogens with zero attached hydrogens (tertiary/aromatic N) is 2. The van der Waals surface area contributed by atoms with Gasteiger partial charge in [0, 0.05) is 13.1 Å². The predicted molar refractivity (Wildman–Crippen MR) is 101 cm³/mol. The van der Waals surface area contributed by atoms with Gasteiger partial charge in [-0.25, -0.2) is 14.6 Å². The molecular formula is C20H27N3O4. The van der Waals surface area contributed by atoms with Crippen LogP contribution in [0.5, 0.6) is 0 Å². The molecule has 0 saturated heterocycles. The van der Waals surface area contributed by atoms with Crippen LogP contribution in [-0.2, 0) is 20.9 Å². The third-order valence-electron chi connectivity index (χ3n) is 4.90. The fraction of sp³-hybridized carbons (Fsp3) is 0.550. The van der Waals surface area contributed by atoms with Crippen molar-refractivity contribution in [3.63, 3.8) is 0 Å². The molecule has 0 aromatic heterocycles. The van der Waals surface area contributed by atoms with Crippen LogP contribution in [0, 0.1) is 11.8 Å². The van der Waals surface area contributed by atoms with Gasteiger partial charge in [0.25, 0.3) is 0 Å². The van der Waals surface area contributed by atoms with E-state index in [0.717, 1.165) is 31.2 Å². The molecule has 2 atom stereocenters. The minimum absolute atomic E-state index is 0.0986. The number of esters is 1. The molecule has 0 heterocycles. The highest BCUT2D eigenvalue weighted by Crippen LogP contribution is 2.28. The van der Waals surface area contributed by atoms with Crippen LogP contribution < -0.4 is 5.32 Å². The fourth-order valence-corrected chi connectivity index (χ4v) is 3.49. The minimum Gasteiger partial charge on any atom is -0.468 e. The SMILES string of the molecule is COC(=O)CN(Cc1ccccc1)C(=O)NCC1CCCC(CN=C=O)C1. The topological polar surface area (TPSA) is 88.1 Å². The highest BCUT2D eigenvalue weighted by Gasteiger charge is 2.24. The van der Waals surface area contributed by atoms with Crippen molar-refractivity contribution in [2.24, 2.45) is 16.8 Å². The molecule has 0 bridgehead atoms. The zero-order chi connectivity index (χ0) is 19.5. The quantitative estimate of drug-likeness (QED) is 0.431. The molecule has 1 aliphatic carbocycles. The number of benzene rings is 1. The van der Waals surface area contributed by atoms with E-state index in [9.17, 15) is 14.4 Å². The van der Waals surface area contributed by atoms with Gasteiger partial charge in [-0.1, -0.05) is 36.8 Å². The Bertz CT molecular complexity index is 658. The predicted octanol–water partition coefficient (Wildman–Crippen LogP) is 2.51. The Kier molecular flexibility index (Phi) is 8.52. The monoisotopic (exact) mass is 373 g/mol. The van der Waals surface area contributed by atoms with Gasteiger partial charge < -0.3 is 15.0 Å². The summed E-state index contributed by atoms with van der Waals surface area (Å²) in [6.07, 6.45) is 5.69. The van der Waals surface area contributed by atoms with Gasteiger partial charge in [-0.05, 0) is 36.7 Å². The highest BCUT2D eigenvalue weighted by molar-refractivity contribution is 5.80. The maximum absolute atomic E-state index is 12.6. The molecule has 7 nitrogen and oxygen atoms in total. The van der Waals surface area contributed by atoms with E-state index >= 15 is 0 Å². The van der Waals surface area contributed by atoms with Gasteiger partial charge in [-0.3, -0.25) is 4.79 Å². The summed E-state index contributed by atoms with van der Waals surface area (Å²) in [5.74, 6) is 0.273. The molecule has 2 amide bonds. The fourth-order valence-electron chi connectivity index (χ4n) is 3.49. The number of carbonyl (C=O) groups is 2. The molecule has 2 unspecified atom stereocenters. The average molecular weight is 373 g/mol. The number of hydrogen-bond donors (Lipinski definition) is 1.